The molecule has 1 heterocycles. The van der Waals surface area contributed by atoms with E-state index in [-0.39, 0.29) is 16.7 Å². The van der Waals surface area contributed by atoms with Crippen LogP contribution in [0.2, 0.25) is 0 Å². The zero-order valence-electron chi connectivity index (χ0n) is 13.6. The monoisotopic (exact) mass is 388 g/mol. The molecule has 26 heavy (non-hydrogen) atoms. The van der Waals surface area contributed by atoms with Crippen molar-refractivity contribution in [1.82, 2.24) is 5.32 Å². The van der Waals surface area contributed by atoms with Crippen molar-refractivity contribution in [2.45, 2.75) is 10.8 Å². The highest BCUT2D eigenvalue weighted by Crippen LogP contribution is 2.22. The third-order valence-corrected chi connectivity index (χ3v) is 5.94. The summed E-state index contributed by atoms with van der Waals surface area (Å²) in [4.78, 5) is 13.0. The van der Waals surface area contributed by atoms with Gasteiger partial charge in [-0.15, -0.1) is 11.3 Å². The summed E-state index contributed by atoms with van der Waals surface area (Å²) in [5, 5.41) is 7.83. The maximum atomic E-state index is 12.3. The standard InChI is InChI=1S/C18H16N2O4S2/c19-26(22,23)17-10-9-16(25-17)12-20-18(21)13-5-4-8-15(11-13)24-14-6-2-1-3-7-14/h1-11H,12H2,(H,20,21)(H2,19,22,23). The average Bonchev–Trinajstić information content (AvgIpc) is 3.10. The molecule has 6 nitrogen and oxygen atoms in total. The fraction of sp³-hybridized carbons (Fsp3) is 0.0556. The molecule has 1 amide bonds. The minimum Gasteiger partial charge on any atom is -0.457 e. The van der Waals surface area contributed by atoms with Crippen LogP contribution in [0, 0.1) is 0 Å². The minimum atomic E-state index is -3.72. The third-order valence-electron chi connectivity index (χ3n) is 3.42. The molecule has 0 unspecified atom stereocenters. The molecule has 3 N–H and O–H groups in total. The third kappa shape index (κ3) is 4.69. The Balaban J connectivity index is 1.65. The Labute approximate surface area is 155 Å². The molecule has 0 fully saturated rings. The van der Waals surface area contributed by atoms with Crippen LogP contribution in [0.15, 0.2) is 70.9 Å². The second-order valence-electron chi connectivity index (χ2n) is 5.39. The van der Waals surface area contributed by atoms with E-state index in [0.29, 0.717) is 21.9 Å². The van der Waals surface area contributed by atoms with Crippen LogP contribution in [0.5, 0.6) is 11.5 Å². The molecule has 0 atom stereocenters. The lowest BCUT2D eigenvalue weighted by Gasteiger charge is -2.08. The van der Waals surface area contributed by atoms with Gasteiger partial charge < -0.3 is 10.1 Å². The number of para-hydroxylation sites is 1. The molecule has 0 bridgehead atoms. The molecule has 1 aromatic heterocycles. The van der Waals surface area contributed by atoms with Crippen LogP contribution in [-0.2, 0) is 16.6 Å². The number of primary sulfonamides is 1. The Hall–Kier alpha value is -2.68. The Kier molecular flexibility index (Phi) is 5.36. The highest BCUT2D eigenvalue weighted by molar-refractivity contribution is 7.91. The van der Waals surface area contributed by atoms with Crippen molar-refractivity contribution in [2.75, 3.05) is 0 Å². The van der Waals surface area contributed by atoms with E-state index in [1.165, 1.54) is 6.07 Å². The van der Waals surface area contributed by atoms with Gasteiger partial charge in [-0.2, -0.15) is 0 Å². The number of amides is 1. The topological polar surface area (TPSA) is 98.5 Å². The van der Waals surface area contributed by atoms with E-state index in [0.717, 1.165) is 11.3 Å². The molecule has 0 radical (unpaired) electrons. The number of hydrogen-bond donors (Lipinski definition) is 2. The van der Waals surface area contributed by atoms with Crippen molar-refractivity contribution in [2.24, 2.45) is 5.14 Å². The lowest BCUT2D eigenvalue weighted by Crippen LogP contribution is -2.22. The largest absolute Gasteiger partial charge is 0.457 e. The first-order valence-corrected chi connectivity index (χ1v) is 10.0. The predicted octanol–water partition coefficient (Wildman–Crippen LogP) is 3.12. The Morgan fingerprint density at radius 1 is 1.00 bits per heavy atom. The van der Waals surface area contributed by atoms with Crippen molar-refractivity contribution in [1.29, 1.82) is 0 Å². The maximum absolute atomic E-state index is 12.3. The van der Waals surface area contributed by atoms with Crippen LogP contribution in [-0.4, -0.2) is 14.3 Å². The molecule has 0 saturated carbocycles. The van der Waals surface area contributed by atoms with Crippen molar-refractivity contribution in [3.8, 4) is 11.5 Å². The van der Waals surface area contributed by atoms with E-state index in [4.69, 9.17) is 9.88 Å². The van der Waals surface area contributed by atoms with E-state index < -0.39 is 10.0 Å². The number of rotatable bonds is 6. The Morgan fingerprint density at radius 3 is 2.42 bits per heavy atom. The Bertz CT molecular complexity index is 1010. The van der Waals surface area contributed by atoms with Gasteiger partial charge in [0.05, 0.1) is 6.54 Å². The smallest absolute Gasteiger partial charge is 0.251 e. The van der Waals surface area contributed by atoms with Gasteiger partial charge in [-0.3, -0.25) is 4.79 Å². The first-order chi connectivity index (χ1) is 12.4. The van der Waals surface area contributed by atoms with Crippen molar-refractivity contribution in [3.63, 3.8) is 0 Å². The highest BCUT2D eigenvalue weighted by Gasteiger charge is 2.12. The zero-order chi connectivity index (χ0) is 18.6. The van der Waals surface area contributed by atoms with Crippen LogP contribution >= 0.6 is 11.3 Å². The van der Waals surface area contributed by atoms with Crippen LogP contribution in [0.25, 0.3) is 0 Å². The van der Waals surface area contributed by atoms with Crippen LogP contribution < -0.4 is 15.2 Å². The fourth-order valence-corrected chi connectivity index (χ4v) is 3.92. The summed E-state index contributed by atoms with van der Waals surface area (Å²) < 4.78 is 28.3. The first kappa shape index (κ1) is 18.1. The van der Waals surface area contributed by atoms with Gasteiger partial charge in [0.1, 0.15) is 15.7 Å². The molecule has 3 rings (SSSR count). The molecule has 8 heteroatoms. The van der Waals surface area contributed by atoms with Crippen molar-refractivity contribution in [3.05, 3.63) is 77.2 Å². The van der Waals surface area contributed by atoms with Gasteiger partial charge in [-0.05, 0) is 42.5 Å². The molecular weight excluding hydrogens is 372 g/mol. The SMILES string of the molecule is NS(=O)(=O)c1ccc(CNC(=O)c2cccc(Oc3ccccc3)c2)s1. The van der Waals surface area contributed by atoms with Gasteiger partial charge >= 0.3 is 0 Å². The van der Waals surface area contributed by atoms with Crippen LogP contribution in [0.3, 0.4) is 0 Å². The van der Waals surface area contributed by atoms with E-state index in [9.17, 15) is 13.2 Å². The Morgan fingerprint density at radius 2 is 1.73 bits per heavy atom. The summed E-state index contributed by atoms with van der Waals surface area (Å²) in [5.74, 6) is 0.949. The number of ether oxygens (including phenoxy) is 1. The highest BCUT2D eigenvalue weighted by atomic mass is 32.2. The van der Waals surface area contributed by atoms with Gasteiger partial charge in [0.2, 0.25) is 10.0 Å². The van der Waals surface area contributed by atoms with E-state index >= 15 is 0 Å². The maximum Gasteiger partial charge on any atom is 0.251 e. The van der Waals surface area contributed by atoms with Gasteiger partial charge in [0.25, 0.3) is 5.91 Å². The fourth-order valence-electron chi connectivity index (χ4n) is 2.20. The molecule has 134 valence electrons. The number of hydrogen-bond acceptors (Lipinski definition) is 5. The second kappa shape index (κ2) is 7.69. The van der Waals surface area contributed by atoms with Gasteiger partial charge in [0, 0.05) is 10.4 Å². The second-order valence-corrected chi connectivity index (χ2v) is 8.35. The van der Waals surface area contributed by atoms with Gasteiger partial charge in [-0.25, -0.2) is 13.6 Å². The summed E-state index contributed by atoms with van der Waals surface area (Å²) in [6.07, 6.45) is 0. The first-order valence-electron chi connectivity index (χ1n) is 7.64. The molecule has 0 aliphatic heterocycles. The van der Waals surface area contributed by atoms with Crippen molar-refractivity contribution >= 4 is 27.3 Å². The summed E-state index contributed by atoms with van der Waals surface area (Å²) >= 11 is 1.03. The number of carbonyl (C=O) groups excluding carboxylic acids is 1. The minimum absolute atomic E-state index is 0.0695. The van der Waals surface area contributed by atoms with E-state index in [1.54, 1.807) is 30.3 Å². The summed E-state index contributed by atoms with van der Waals surface area (Å²) in [6.45, 7) is 0.211. The molecule has 0 aliphatic carbocycles. The summed E-state index contributed by atoms with van der Waals surface area (Å²) in [6, 6.07) is 19.1. The summed E-state index contributed by atoms with van der Waals surface area (Å²) in [5.41, 5.74) is 0.446. The quantitative estimate of drug-likeness (QED) is 0.678. The normalized spacial score (nSPS) is 11.1. The molecule has 0 aliphatic rings. The predicted molar refractivity (Wildman–Crippen MR) is 99.8 cm³/mol. The molecular formula is C18H16N2O4S2. The lowest BCUT2D eigenvalue weighted by atomic mass is 10.2. The average molecular weight is 388 g/mol. The molecule has 3 aromatic rings. The lowest BCUT2D eigenvalue weighted by molar-refractivity contribution is 0.0951. The molecule has 0 spiro atoms. The molecule has 2 aromatic carbocycles. The number of nitrogens with two attached hydrogens (primary N) is 1. The van der Waals surface area contributed by atoms with Crippen LogP contribution in [0.4, 0.5) is 0 Å². The number of carbonyl (C=O) groups is 1. The van der Waals surface area contributed by atoms with E-state index in [2.05, 4.69) is 5.32 Å². The number of sulfonamides is 1. The number of thiophene rings is 1. The van der Waals surface area contributed by atoms with Gasteiger partial charge in [-0.1, -0.05) is 24.3 Å². The van der Waals surface area contributed by atoms with Crippen molar-refractivity contribution < 1.29 is 17.9 Å². The number of nitrogens with one attached hydrogen (secondary N) is 1. The summed E-state index contributed by atoms with van der Waals surface area (Å²) in [7, 11) is -3.72. The van der Waals surface area contributed by atoms with Gasteiger partial charge in [0.15, 0.2) is 0 Å². The van der Waals surface area contributed by atoms with E-state index in [1.807, 2.05) is 30.3 Å². The zero-order valence-corrected chi connectivity index (χ0v) is 15.2. The van der Waals surface area contributed by atoms with Crippen LogP contribution in [0.1, 0.15) is 15.2 Å². The number of benzene rings is 2. The molecule has 0 saturated heterocycles.